The van der Waals surface area contributed by atoms with Crippen LogP contribution in [0.1, 0.15) is 51.9 Å². The average molecular weight is 260 g/mol. The summed E-state index contributed by atoms with van der Waals surface area (Å²) >= 11 is 0. The Labute approximate surface area is 107 Å². The molecule has 0 saturated heterocycles. The molecular formula is C13H24O3S. The number of hydrogen-bond acceptors (Lipinski definition) is 3. The van der Waals surface area contributed by atoms with E-state index in [-0.39, 0.29) is 5.97 Å². The van der Waals surface area contributed by atoms with Gasteiger partial charge in [-0.3, -0.25) is 9.00 Å². The van der Waals surface area contributed by atoms with Gasteiger partial charge >= 0.3 is 5.97 Å². The van der Waals surface area contributed by atoms with Crippen LogP contribution in [0.3, 0.4) is 0 Å². The van der Waals surface area contributed by atoms with Crippen molar-refractivity contribution in [1.29, 1.82) is 0 Å². The zero-order chi connectivity index (χ0) is 12.7. The fraction of sp³-hybridized carbons (Fsp3) is 0.923. The van der Waals surface area contributed by atoms with Crippen molar-refractivity contribution in [2.75, 3.05) is 12.9 Å². The van der Waals surface area contributed by atoms with Crippen LogP contribution in [-0.2, 0) is 20.3 Å². The van der Waals surface area contributed by atoms with E-state index in [2.05, 4.69) is 6.92 Å². The zero-order valence-corrected chi connectivity index (χ0v) is 11.8. The Morgan fingerprint density at radius 3 is 2.59 bits per heavy atom. The van der Waals surface area contributed by atoms with E-state index in [9.17, 15) is 9.00 Å². The van der Waals surface area contributed by atoms with Crippen molar-refractivity contribution >= 4 is 16.8 Å². The summed E-state index contributed by atoms with van der Waals surface area (Å²) < 4.78 is 17.0. The number of esters is 1. The molecule has 0 heterocycles. The molecule has 0 radical (unpaired) electrons. The summed E-state index contributed by atoms with van der Waals surface area (Å²) in [7, 11) is 0.329. The number of methoxy groups -OCH3 is 1. The zero-order valence-electron chi connectivity index (χ0n) is 10.9. The summed E-state index contributed by atoms with van der Waals surface area (Å²) in [5.74, 6) is 0.947. The van der Waals surface area contributed by atoms with Gasteiger partial charge in [0.2, 0.25) is 0 Å². The fourth-order valence-electron chi connectivity index (χ4n) is 2.40. The Balaban J connectivity index is 2.48. The average Bonchev–Trinajstić information content (AvgIpc) is 2.81. The third-order valence-electron chi connectivity index (χ3n) is 3.48. The van der Waals surface area contributed by atoms with Crippen molar-refractivity contribution in [3.63, 3.8) is 0 Å². The van der Waals surface area contributed by atoms with Gasteiger partial charge in [-0.15, -0.1) is 0 Å². The van der Waals surface area contributed by atoms with Crippen molar-refractivity contribution in [1.82, 2.24) is 0 Å². The lowest BCUT2D eigenvalue weighted by molar-refractivity contribution is -0.140. The van der Waals surface area contributed by atoms with E-state index in [4.69, 9.17) is 4.74 Å². The normalized spacial score (nSPS) is 20.1. The van der Waals surface area contributed by atoms with Gasteiger partial charge in [0.05, 0.1) is 7.11 Å². The van der Waals surface area contributed by atoms with Crippen LogP contribution in [0.4, 0.5) is 0 Å². The third kappa shape index (κ3) is 4.78. The molecule has 17 heavy (non-hydrogen) atoms. The molecule has 0 aromatic carbocycles. The summed E-state index contributed by atoms with van der Waals surface area (Å²) in [6.07, 6.45) is 7.51. The second-order valence-electron chi connectivity index (χ2n) is 4.85. The van der Waals surface area contributed by atoms with Crippen LogP contribution in [0.25, 0.3) is 0 Å². The molecule has 4 heteroatoms. The molecule has 1 saturated carbocycles. The maximum absolute atomic E-state index is 12.2. The Kier molecular flexibility index (Phi) is 6.78. The van der Waals surface area contributed by atoms with E-state index in [1.54, 1.807) is 0 Å². The molecule has 1 aliphatic rings. The molecule has 1 rings (SSSR count). The lowest BCUT2D eigenvalue weighted by atomic mass is 10.1. The molecule has 0 N–H and O–H groups in total. The molecule has 0 spiro atoms. The molecule has 0 bridgehead atoms. The van der Waals surface area contributed by atoms with Gasteiger partial charge in [-0.2, -0.15) is 0 Å². The van der Waals surface area contributed by atoms with Gasteiger partial charge in [-0.25, -0.2) is 0 Å². The van der Waals surface area contributed by atoms with Crippen LogP contribution in [-0.4, -0.2) is 28.3 Å². The number of carbonyl (C=O) groups is 1. The highest BCUT2D eigenvalue weighted by Gasteiger charge is 2.28. The molecule has 1 aliphatic carbocycles. The standard InChI is InChI=1S/C13H24O3S/c1-3-4-9-12(13(14)16-2)17(15)10-11-7-5-6-8-11/h11-12H,3-10H2,1-2H3. The Hall–Kier alpha value is -0.380. The van der Waals surface area contributed by atoms with Crippen molar-refractivity contribution in [2.24, 2.45) is 5.92 Å². The lowest BCUT2D eigenvalue weighted by Gasteiger charge is -2.16. The molecule has 2 unspecified atom stereocenters. The van der Waals surface area contributed by atoms with Crippen LogP contribution in [0.15, 0.2) is 0 Å². The Bertz CT molecular complexity index is 259. The second kappa shape index (κ2) is 7.85. The van der Waals surface area contributed by atoms with Crippen molar-refractivity contribution in [2.45, 2.75) is 57.1 Å². The Morgan fingerprint density at radius 2 is 2.06 bits per heavy atom. The smallest absolute Gasteiger partial charge is 0.321 e. The fourth-order valence-corrected chi connectivity index (χ4v) is 4.17. The van der Waals surface area contributed by atoms with E-state index in [0.29, 0.717) is 18.1 Å². The van der Waals surface area contributed by atoms with Crippen LogP contribution in [0.2, 0.25) is 0 Å². The summed E-state index contributed by atoms with van der Waals surface area (Å²) in [6, 6.07) is 0. The molecule has 0 aromatic heterocycles. The quantitative estimate of drug-likeness (QED) is 0.661. The lowest BCUT2D eigenvalue weighted by Crippen LogP contribution is -2.30. The van der Waals surface area contributed by atoms with Crippen molar-refractivity contribution < 1.29 is 13.7 Å². The second-order valence-corrected chi connectivity index (χ2v) is 6.52. The number of rotatable bonds is 7. The summed E-state index contributed by atoms with van der Waals surface area (Å²) in [5.41, 5.74) is 0. The Morgan fingerprint density at radius 1 is 1.41 bits per heavy atom. The van der Waals surface area contributed by atoms with E-state index in [1.807, 2.05) is 0 Å². The van der Waals surface area contributed by atoms with E-state index < -0.39 is 16.0 Å². The maximum atomic E-state index is 12.2. The van der Waals surface area contributed by atoms with E-state index in [1.165, 1.54) is 32.8 Å². The SMILES string of the molecule is CCCCC(C(=O)OC)S(=O)CC1CCCC1. The van der Waals surface area contributed by atoms with E-state index in [0.717, 1.165) is 12.8 Å². The van der Waals surface area contributed by atoms with Gasteiger partial charge < -0.3 is 4.74 Å². The molecule has 0 aliphatic heterocycles. The van der Waals surface area contributed by atoms with E-state index >= 15 is 0 Å². The largest absolute Gasteiger partial charge is 0.468 e. The highest BCUT2D eigenvalue weighted by Crippen LogP contribution is 2.26. The maximum Gasteiger partial charge on any atom is 0.321 e. The minimum atomic E-state index is -1.05. The monoisotopic (exact) mass is 260 g/mol. The van der Waals surface area contributed by atoms with Gasteiger partial charge in [-0.1, -0.05) is 32.6 Å². The number of unbranched alkanes of at least 4 members (excludes halogenated alkanes) is 1. The predicted octanol–water partition coefficient (Wildman–Crippen LogP) is 2.66. The first-order chi connectivity index (χ1) is 8.19. The number of carbonyl (C=O) groups excluding carboxylic acids is 1. The first-order valence-electron chi connectivity index (χ1n) is 6.64. The predicted molar refractivity (Wildman–Crippen MR) is 70.3 cm³/mol. The molecular weight excluding hydrogens is 236 g/mol. The minimum absolute atomic E-state index is 0.296. The first kappa shape index (κ1) is 14.7. The number of hydrogen-bond donors (Lipinski definition) is 0. The molecule has 3 nitrogen and oxygen atoms in total. The van der Waals surface area contributed by atoms with Crippen molar-refractivity contribution in [3.05, 3.63) is 0 Å². The summed E-state index contributed by atoms with van der Waals surface area (Å²) in [5, 5.41) is -0.402. The van der Waals surface area contributed by atoms with Gasteiger partial charge in [0.15, 0.2) is 0 Å². The van der Waals surface area contributed by atoms with Crippen LogP contribution in [0, 0.1) is 5.92 Å². The van der Waals surface area contributed by atoms with Gasteiger partial charge in [0, 0.05) is 16.6 Å². The topological polar surface area (TPSA) is 43.4 Å². The summed E-state index contributed by atoms with van der Waals surface area (Å²) in [6.45, 7) is 2.08. The minimum Gasteiger partial charge on any atom is -0.468 e. The summed E-state index contributed by atoms with van der Waals surface area (Å²) in [4.78, 5) is 11.6. The first-order valence-corrected chi connectivity index (χ1v) is 8.02. The van der Waals surface area contributed by atoms with Gasteiger partial charge in [0.25, 0.3) is 0 Å². The molecule has 2 atom stereocenters. The molecule has 0 amide bonds. The third-order valence-corrected chi connectivity index (χ3v) is 5.34. The highest BCUT2D eigenvalue weighted by molar-refractivity contribution is 7.86. The van der Waals surface area contributed by atoms with Gasteiger partial charge in [-0.05, 0) is 25.2 Å². The van der Waals surface area contributed by atoms with Crippen molar-refractivity contribution in [3.8, 4) is 0 Å². The highest BCUT2D eigenvalue weighted by atomic mass is 32.2. The van der Waals surface area contributed by atoms with Gasteiger partial charge in [0.1, 0.15) is 5.25 Å². The number of ether oxygens (including phenoxy) is 1. The van der Waals surface area contributed by atoms with Crippen LogP contribution in [0.5, 0.6) is 0 Å². The molecule has 0 aromatic rings. The molecule has 1 fully saturated rings. The van der Waals surface area contributed by atoms with Crippen LogP contribution < -0.4 is 0 Å². The van der Waals surface area contributed by atoms with Crippen LogP contribution >= 0.6 is 0 Å². The molecule has 100 valence electrons.